The Morgan fingerprint density at radius 3 is 1.97 bits per heavy atom. The molecule has 5 N–H and O–H groups in total. The topological polar surface area (TPSA) is 163 Å². The van der Waals surface area contributed by atoms with Gasteiger partial charge in [-0.3, -0.25) is 4.79 Å². The van der Waals surface area contributed by atoms with Crippen LogP contribution in [0.5, 0.6) is 0 Å². The van der Waals surface area contributed by atoms with Crippen LogP contribution >= 0.6 is 0 Å². The molecule has 0 unspecified atom stereocenters. The normalized spacial score (nSPS) is 30.9. The standard InChI is InChI=1S/C27H46O10/c1-17(35-27-24(31)23(30)22(29)20(16-28)37-27)14-12-10-8-6-4-3-5-7-9-11-13-15-19-21(25(32)33)18(2)26(34)36-19/h17,19-24,27-31H,2-16H2,1H3,(H,32,33)/t17-,19-,20+,21-,22+,23-,24+,27+/m0/s1. The van der Waals surface area contributed by atoms with Crippen molar-refractivity contribution in [1.82, 2.24) is 0 Å². The van der Waals surface area contributed by atoms with Crippen LogP contribution in [0.2, 0.25) is 0 Å². The average Bonchev–Trinajstić information content (AvgIpc) is 3.15. The largest absolute Gasteiger partial charge is 0.481 e. The van der Waals surface area contributed by atoms with Crippen molar-refractivity contribution in [2.45, 2.75) is 133 Å². The lowest BCUT2D eigenvalue weighted by atomic mass is 9.93. The molecule has 214 valence electrons. The van der Waals surface area contributed by atoms with E-state index in [1.54, 1.807) is 0 Å². The summed E-state index contributed by atoms with van der Waals surface area (Å²) in [6.45, 7) is 4.95. The molecule has 0 radical (unpaired) electrons. The SMILES string of the molecule is C=C1C(=O)O[C@@H](CCCCCCCCCCCCC[C@H](C)O[C@@H]2O[C@H](CO)[C@@H](O)[C@H](O)[C@H]2O)[C@H]1C(=O)O. The van der Waals surface area contributed by atoms with E-state index in [1.165, 1.54) is 25.7 Å². The number of esters is 1. The van der Waals surface area contributed by atoms with Crippen LogP contribution in [0.3, 0.4) is 0 Å². The number of carbonyl (C=O) groups is 2. The van der Waals surface area contributed by atoms with Crippen LogP contribution in [0.1, 0.15) is 90.4 Å². The summed E-state index contributed by atoms with van der Waals surface area (Å²) in [5.74, 6) is -2.55. The van der Waals surface area contributed by atoms with Crippen molar-refractivity contribution in [3.63, 3.8) is 0 Å². The molecule has 2 fully saturated rings. The van der Waals surface area contributed by atoms with Crippen LogP contribution in [0.15, 0.2) is 12.2 Å². The Kier molecular flexibility index (Phi) is 14.0. The average molecular weight is 531 g/mol. The van der Waals surface area contributed by atoms with Crippen molar-refractivity contribution in [1.29, 1.82) is 0 Å². The van der Waals surface area contributed by atoms with Crippen molar-refractivity contribution in [3.05, 3.63) is 12.2 Å². The number of aliphatic hydroxyl groups excluding tert-OH is 4. The molecule has 10 heteroatoms. The van der Waals surface area contributed by atoms with Gasteiger partial charge in [-0.15, -0.1) is 0 Å². The highest BCUT2D eigenvalue weighted by Crippen LogP contribution is 2.30. The highest BCUT2D eigenvalue weighted by Gasteiger charge is 2.44. The fourth-order valence-corrected chi connectivity index (χ4v) is 5.01. The quantitative estimate of drug-likeness (QED) is 0.101. The molecule has 2 aliphatic heterocycles. The third kappa shape index (κ3) is 9.92. The van der Waals surface area contributed by atoms with Gasteiger partial charge in [0.05, 0.1) is 12.7 Å². The van der Waals surface area contributed by atoms with Crippen molar-refractivity contribution in [2.75, 3.05) is 6.61 Å². The Morgan fingerprint density at radius 2 is 1.43 bits per heavy atom. The van der Waals surface area contributed by atoms with Gasteiger partial charge in [-0.05, 0) is 26.2 Å². The molecule has 2 heterocycles. The maximum atomic E-state index is 11.5. The van der Waals surface area contributed by atoms with Crippen molar-refractivity contribution in [2.24, 2.45) is 5.92 Å². The first kappa shape index (κ1) is 31.7. The molecular weight excluding hydrogens is 484 g/mol. The Morgan fingerprint density at radius 1 is 0.892 bits per heavy atom. The van der Waals surface area contributed by atoms with Gasteiger partial charge in [-0.1, -0.05) is 70.8 Å². The van der Waals surface area contributed by atoms with Crippen LogP contribution in [0, 0.1) is 5.92 Å². The molecule has 8 atom stereocenters. The Hall–Kier alpha value is -1.56. The molecule has 0 aliphatic carbocycles. The zero-order valence-electron chi connectivity index (χ0n) is 22.0. The second-order valence-electron chi connectivity index (χ2n) is 10.4. The number of hydrogen-bond donors (Lipinski definition) is 5. The lowest BCUT2D eigenvalue weighted by Crippen LogP contribution is -2.59. The molecule has 0 aromatic heterocycles. The third-order valence-corrected chi connectivity index (χ3v) is 7.35. The molecule has 0 aromatic rings. The molecule has 2 rings (SSSR count). The molecule has 2 saturated heterocycles. The summed E-state index contributed by atoms with van der Waals surface area (Å²) in [7, 11) is 0. The molecular formula is C27H46O10. The van der Waals surface area contributed by atoms with E-state index in [0.29, 0.717) is 6.42 Å². The lowest BCUT2D eigenvalue weighted by Gasteiger charge is -2.40. The minimum Gasteiger partial charge on any atom is -0.481 e. The predicted octanol–water partition coefficient (Wildman–Crippen LogP) is 2.45. The molecule has 0 spiro atoms. The van der Waals surface area contributed by atoms with E-state index in [1.807, 2.05) is 6.92 Å². The van der Waals surface area contributed by atoms with E-state index < -0.39 is 61.3 Å². The number of carboxylic acid groups (broad SMARTS) is 1. The van der Waals surface area contributed by atoms with E-state index in [2.05, 4.69) is 6.58 Å². The first-order valence-electron chi connectivity index (χ1n) is 13.8. The first-order chi connectivity index (χ1) is 17.7. The summed E-state index contributed by atoms with van der Waals surface area (Å²) < 4.78 is 16.2. The number of carbonyl (C=O) groups excluding carboxylic acids is 1. The first-order valence-corrected chi connectivity index (χ1v) is 13.8. The van der Waals surface area contributed by atoms with Gasteiger partial charge < -0.3 is 39.7 Å². The van der Waals surface area contributed by atoms with Gasteiger partial charge in [0.15, 0.2) is 6.29 Å². The summed E-state index contributed by atoms with van der Waals surface area (Å²) >= 11 is 0. The zero-order valence-corrected chi connectivity index (χ0v) is 22.0. The van der Waals surface area contributed by atoms with Gasteiger partial charge in [0.1, 0.15) is 36.4 Å². The summed E-state index contributed by atoms with van der Waals surface area (Å²) in [6, 6.07) is 0. The minimum atomic E-state index is -1.42. The molecule has 10 nitrogen and oxygen atoms in total. The second kappa shape index (κ2) is 16.4. The number of hydrogen-bond acceptors (Lipinski definition) is 9. The number of aliphatic hydroxyl groups is 4. The van der Waals surface area contributed by atoms with E-state index in [4.69, 9.17) is 14.2 Å². The van der Waals surface area contributed by atoms with Gasteiger partial charge in [-0.25, -0.2) is 4.79 Å². The summed E-state index contributed by atoms with van der Waals surface area (Å²) in [5, 5.41) is 48.2. The number of unbranched alkanes of at least 4 members (excludes halogenated alkanes) is 10. The Bertz CT molecular complexity index is 711. The van der Waals surface area contributed by atoms with Crippen molar-refractivity contribution < 1.29 is 49.3 Å². The fraction of sp³-hybridized carbons (Fsp3) is 0.852. The Balaban J connectivity index is 1.41. The van der Waals surface area contributed by atoms with Crippen molar-refractivity contribution >= 4 is 11.9 Å². The van der Waals surface area contributed by atoms with Crippen LogP contribution in [0.25, 0.3) is 0 Å². The van der Waals surface area contributed by atoms with E-state index in [9.17, 15) is 35.1 Å². The minimum absolute atomic E-state index is 0.0495. The van der Waals surface area contributed by atoms with Gasteiger partial charge in [0, 0.05) is 5.57 Å². The van der Waals surface area contributed by atoms with E-state index >= 15 is 0 Å². The fourth-order valence-electron chi connectivity index (χ4n) is 5.01. The highest BCUT2D eigenvalue weighted by molar-refractivity contribution is 5.97. The third-order valence-electron chi connectivity index (χ3n) is 7.35. The number of cyclic esters (lactones) is 1. The van der Waals surface area contributed by atoms with Crippen LogP contribution in [-0.4, -0.2) is 87.0 Å². The van der Waals surface area contributed by atoms with Crippen LogP contribution < -0.4 is 0 Å². The molecule has 37 heavy (non-hydrogen) atoms. The number of aliphatic carboxylic acids is 1. The summed E-state index contributed by atoms with van der Waals surface area (Å²) in [4.78, 5) is 22.9. The lowest BCUT2D eigenvalue weighted by molar-refractivity contribution is -0.310. The molecule has 2 aliphatic rings. The summed E-state index contributed by atoms with van der Waals surface area (Å²) in [6.07, 6.45) is 6.39. The molecule has 0 saturated carbocycles. The second-order valence-corrected chi connectivity index (χ2v) is 10.4. The Labute approximate surface area is 219 Å². The highest BCUT2D eigenvalue weighted by atomic mass is 16.7. The number of carboxylic acids is 1. The van der Waals surface area contributed by atoms with Crippen molar-refractivity contribution in [3.8, 4) is 0 Å². The van der Waals surface area contributed by atoms with Gasteiger partial charge in [-0.2, -0.15) is 0 Å². The van der Waals surface area contributed by atoms with Gasteiger partial charge in [0.2, 0.25) is 0 Å². The van der Waals surface area contributed by atoms with E-state index in [-0.39, 0.29) is 11.7 Å². The summed E-state index contributed by atoms with van der Waals surface area (Å²) in [5.41, 5.74) is 0.0495. The van der Waals surface area contributed by atoms with Crippen LogP contribution in [0.4, 0.5) is 0 Å². The maximum absolute atomic E-state index is 11.5. The predicted molar refractivity (Wildman–Crippen MR) is 134 cm³/mol. The molecule has 0 aromatic carbocycles. The smallest absolute Gasteiger partial charge is 0.334 e. The number of rotatable bonds is 18. The monoisotopic (exact) mass is 530 g/mol. The van der Waals surface area contributed by atoms with Gasteiger partial charge >= 0.3 is 11.9 Å². The maximum Gasteiger partial charge on any atom is 0.334 e. The molecule has 0 bridgehead atoms. The van der Waals surface area contributed by atoms with Gasteiger partial charge in [0.25, 0.3) is 0 Å². The van der Waals surface area contributed by atoms with Crippen LogP contribution in [-0.2, 0) is 23.8 Å². The van der Waals surface area contributed by atoms with E-state index in [0.717, 1.165) is 51.4 Å². The molecule has 0 amide bonds. The zero-order chi connectivity index (χ0) is 27.4. The number of ether oxygens (including phenoxy) is 3.